The highest BCUT2D eigenvalue weighted by Crippen LogP contribution is 2.17. The minimum Gasteiger partial charge on any atom is -0.423 e. The van der Waals surface area contributed by atoms with E-state index in [1.807, 2.05) is 6.92 Å². The predicted molar refractivity (Wildman–Crippen MR) is 76.0 cm³/mol. The Balaban J connectivity index is 1.82. The van der Waals surface area contributed by atoms with Crippen LogP contribution in [0.1, 0.15) is 6.92 Å². The van der Waals surface area contributed by atoms with Crippen LogP contribution in [0.3, 0.4) is 0 Å². The Morgan fingerprint density at radius 1 is 1.40 bits per heavy atom. The molecule has 2 N–H and O–H groups in total. The number of amides is 1. The van der Waals surface area contributed by atoms with Crippen LogP contribution in [-0.2, 0) is 4.79 Å². The summed E-state index contributed by atoms with van der Waals surface area (Å²) in [5, 5.41) is 6.50. The summed E-state index contributed by atoms with van der Waals surface area (Å²) in [5.41, 5.74) is 0.716. The molecule has 0 bridgehead atoms. The summed E-state index contributed by atoms with van der Waals surface area (Å²) < 4.78 is 5.03. The van der Waals surface area contributed by atoms with Crippen molar-refractivity contribution >= 4 is 28.4 Å². The van der Waals surface area contributed by atoms with Gasteiger partial charge in [-0.1, -0.05) is 0 Å². The van der Waals surface area contributed by atoms with Gasteiger partial charge in [-0.25, -0.2) is 4.79 Å². The lowest BCUT2D eigenvalue weighted by atomic mass is 10.2. The Hall–Kier alpha value is -2.63. The number of amidine groups is 1. The van der Waals surface area contributed by atoms with Crippen molar-refractivity contribution in [3.63, 3.8) is 0 Å². The van der Waals surface area contributed by atoms with Gasteiger partial charge in [-0.3, -0.25) is 9.79 Å². The zero-order valence-electron chi connectivity index (χ0n) is 10.8. The first kappa shape index (κ1) is 12.4. The molecule has 1 aliphatic rings. The SMILES string of the molecule is CC1CN=C(C(=O)Nc2ccc3oc(=O)ccc3c2)N1. The molecule has 0 aliphatic carbocycles. The van der Waals surface area contributed by atoms with Gasteiger partial charge >= 0.3 is 5.63 Å². The first-order valence-electron chi connectivity index (χ1n) is 6.28. The molecule has 0 fully saturated rings. The molecular formula is C14H13N3O3. The number of benzene rings is 1. The topological polar surface area (TPSA) is 83.7 Å². The van der Waals surface area contributed by atoms with Crippen LogP contribution in [0.15, 0.2) is 44.5 Å². The Kier molecular flexibility index (Phi) is 2.98. The monoisotopic (exact) mass is 271 g/mol. The molecule has 2 aromatic rings. The fourth-order valence-electron chi connectivity index (χ4n) is 2.03. The fourth-order valence-corrected chi connectivity index (χ4v) is 2.03. The van der Waals surface area contributed by atoms with Gasteiger partial charge in [0.25, 0.3) is 5.91 Å². The Morgan fingerprint density at radius 2 is 2.25 bits per heavy atom. The van der Waals surface area contributed by atoms with Gasteiger partial charge in [0, 0.05) is 23.2 Å². The van der Waals surface area contributed by atoms with Gasteiger partial charge in [-0.05, 0) is 31.2 Å². The number of nitrogens with zero attached hydrogens (tertiary/aromatic N) is 1. The van der Waals surface area contributed by atoms with Gasteiger partial charge < -0.3 is 15.1 Å². The van der Waals surface area contributed by atoms with Gasteiger partial charge in [-0.15, -0.1) is 0 Å². The maximum absolute atomic E-state index is 12.0. The van der Waals surface area contributed by atoms with Crippen LogP contribution >= 0.6 is 0 Å². The second-order valence-corrected chi connectivity index (χ2v) is 4.70. The van der Waals surface area contributed by atoms with Crippen molar-refractivity contribution in [1.82, 2.24) is 5.32 Å². The summed E-state index contributed by atoms with van der Waals surface area (Å²) in [5.74, 6) is 0.0725. The molecule has 2 heterocycles. The molecule has 1 unspecified atom stereocenters. The average Bonchev–Trinajstić information content (AvgIpc) is 2.86. The van der Waals surface area contributed by atoms with Crippen molar-refractivity contribution in [1.29, 1.82) is 0 Å². The van der Waals surface area contributed by atoms with Gasteiger partial charge in [0.2, 0.25) is 0 Å². The number of carbonyl (C=O) groups is 1. The largest absolute Gasteiger partial charge is 0.423 e. The smallest absolute Gasteiger partial charge is 0.336 e. The van der Waals surface area contributed by atoms with E-state index in [1.54, 1.807) is 24.3 Å². The average molecular weight is 271 g/mol. The van der Waals surface area contributed by atoms with Crippen LogP contribution in [0.4, 0.5) is 5.69 Å². The van der Waals surface area contributed by atoms with Crippen molar-refractivity contribution in [3.8, 4) is 0 Å². The second-order valence-electron chi connectivity index (χ2n) is 4.70. The first-order valence-corrected chi connectivity index (χ1v) is 6.28. The van der Waals surface area contributed by atoms with E-state index in [-0.39, 0.29) is 11.9 Å². The van der Waals surface area contributed by atoms with E-state index in [9.17, 15) is 9.59 Å². The third-order valence-electron chi connectivity index (χ3n) is 3.00. The molecule has 1 aromatic heterocycles. The number of fused-ring (bicyclic) bond motifs is 1. The zero-order chi connectivity index (χ0) is 14.1. The van der Waals surface area contributed by atoms with Crippen molar-refractivity contribution in [2.24, 2.45) is 4.99 Å². The Labute approximate surface area is 114 Å². The molecule has 0 saturated carbocycles. The lowest BCUT2D eigenvalue weighted by molar-refractivity contribution is -0.110. The van der Waals surface area contributed by atoms with E-state index in [0.717, 1.165) is 5.39 Å². The van der Waals surface area contributed by atoms with E-state index in [4.69, 9.17) is 4.42 Å². The van der Waals surface area contributed by atoms with Crippen LogP contribution in [0.25, 0.3) is 11.0 Å². The van der Waals surface area contributed by atoms with Crippen LogP contribution in [0.2, 0.25) is 0 Å². The maximum Gasteiger partial charge on any atom is 0.336 e. The number of hydrogen-bond acceptors (Lipinski definition) is 5. The van der Waals surface area contributed by atoms with E-state index in [0.29, 0.717) is 23.7 Å². The fraction of sp³-hybridized carbons (Fsp3) is 0.214. The standard InChI is InChI=1S/C14H13N3O3/c1-8-7-15-13(16-8)14(19)17-10-3-4-11-9(6-10)2-5-12(18)20-11/h2-6,8H,7H2,1H3,(H,15,16)(H,17,19). The van der Waals surface area contributed by atoms with E-state index >= 15 is 0 Å². The number of aliphatic imine (C=N–C) groups is 1. The molecule has 1 aliphatic heterocycles. The van der Waals surface area contributed by atoms with Crippen molar-refractivity contribution < 1.29 is 9.21 Å². The molecule has 6 heteroatoms. The first-order chi connectivity index (χ1) is 9.61. The third kappa shape index (κ3) is 2.40. The molecule has 102 valence electrons. The Morgan fingerprint density at radius 3 is 3.00 bits per heavy atom. The summed E-state index contributed by atoms with van der Waals surface area (Å²) in [6, 6.07) is 8.26. The van der Waals surface area contributed by atoms with Crippen molar-refractivity contribution in [2.45, 2.75) is 13.0 Å². The summed E-state index contributed by atoms with van der Waals surface area (Å²) in [6.07, 6.45) is 0. The predicted octanol–water partition coefficient (Wildman–Crippen LogP) is 1.12. The van der Waals surface area contributed by atoms with E-state index < -0.39 is 5.63 Å². The number of carbonyl (C=O) groups excluding carboxylic acids is 1. The van der Waals surface area contributed by atoms with Crippen LogP contribution in [-0.4, -0.2) is 24.3 Å². The second kappa shape index (κ2) is 4.80. The van der Waals surface area contributed by atoms with Gasteiger partial charge in [0.15, 0.2) is 5.84 Å². The van der Waals surface area contributed by atoms with Crippen LogP contribution in [0, 0.1) is 0 Å². The molecule has 0 spiro atoms. The highest BCUT2D eigenvalue weighted by atomic mass is 16.4. The van der Waals surface area contributed by atoms with Crippen LogP contribution in [0.5, 0.6) is 0 Å². The molecule has 1 aromatic carbocycles. The quantitative estimate of drug-likeness (QED) is 0.802. The number of nitrogens with one attached hydrogen (secondary N) is 2. The lowest BCUT2D eigenvalue weighted by Gasteiger charge is -2.07. The zero-order valence-corrected chi connectivity index (χ0v) is 10.8. The van der Waals surface area contributed by atoms with Gasteiger partial charge in [-0.2, -0.15) is 0 Å². The molecule has 20 heavy (non-hydrogen) atoms. The number of anilines is 1. The summed E-state index contributed by atoms with van der Waals surface area (Å²) >= 11 is 0. The highest BCUT2D eigenvalue weighted by molar-refractivity contribution is 6.42. The molecule has 0 radical (unpaired) electrons. The minimum absolute atomic E-state index is 0.182. The number of hydrogen-bond donors (Lipinski definition) is 2. The minimum atomic E-state index is -0.396. The molecule has 0 saturated heterocycles. The van der Waals surface area contributed by atoms with E-state index in [2.05, 4.69) is 15.6 Å². The number of rotatable bonds is 2. The summed E-state index contributed by atoms with van der Waals surface area (Å²) in [6.45, 7) is 2.56. The maximum atomic E-state index is 12.0. The van der Waals surface area contributed by atoms with Crippen molar-refractivity contribution in [3.05, 3.63) is 40.8 Å². The summed E-state index contributed by atoms with van der Waals surface area (Å²) in [4.78, 5) is 27.2. The summed E-state index contributed by atoms with van der Waals surface area (Å²) in [7, 11) is 0. The van der Waals surface area contributed by atoms with Gasteiger partial charge in [0.05, 0.1) is 6.54 Å². The van der Waals surface area contributed by atoms with Crippen molar-refractivity contribution in [2.75, 3.05) is 11.9 Å². The van der Waals surface area contributed by atoms with Crippen LogP contribution < -0.4 is 16.3 Å². The molecule has 6 nitrogen and oxygen atoms in total. The molecule has 1 atom stereocenters. The Bertz CT molecular complexity index is 764. The van der Waals surface area contributed by atoms with E-state index in [1.165, 1.54) is 6.07 Å². The third-order valence-corrected chi connectivity index (χ3v) is 3.00. The molecule has 3 rings (SSSR count). The van der Waals surface area contributed by atoms with Gasteiger partial charge in [0.1, 0.15) is 5.58 Å². The normalized spacial score (nSPS) is 17.6. The lowest BCUT2D eigenvalue weighted by Crippen LogP contribution is -2.36. The molecular weight excluding hydrogens is 258 g/mol. The molecule has 1 amide bonds. The highest BCUT2D eigenvalue weighted by Gasteiger charge is 2.19.